The summed E-state index contributed by atoms with van der Waals surface area (Å²) >= 11 is 0. The normalized spacial score (nSPS) is 11.6. The molecule has 0 saturated carbocycles. The van der Waals surface area contributed by atoms with E-state index in [1.807, 2.05) is 46.8 Å². The predicted molar refractivity (Wildman–Crippen MR) is 101 cm³/mol. The number of carbonyl (C=O) groups excluding carboxylic acids is 2. The van der Waals surface area contributed by atoms with Crippen LogP contribution in [0.4, 0.5) is 0 Å². The van der Waals surface area contributed by atoms with E-state index >= 15 is 0 Å². The van der Waals surface area contributed by atoms with Gasteiger partial charge in [-0.25, -0.2) is 0 Å². The SMILES string of the molecule is CCCCC(C(=O)OC(C)C)C(=O)c1c(C)cc(C)cc1C.O=[PH3]. The standard InChI is InChI=1S/C19H28O3.H3OP/c1-7-8-9-16(19(21)22-12(2)3)18(20)17-14(5)10-13(4)11-15(17)6;1-2/h10-12,16H,7-9H2,1-6H3;2H3. The maximum atomic E-state index is 12.9. The molecule has 0 radical (unpaired) electrons. The first kappa shape index (κ1) is 22.6. The molecule has 0 spiro atoms. The summed E-state index contributed by atoms with van der Waals surface area (Å²) in [6.07, 6.45) is 2.14. The Bertz CT molecular complexity index is 543. The molecule has 0 amide bonds. The Morgan fingerprint density at radius 1 is 1.08 bits per heavy atom. The third kappa shape index (κ3) is 6.60. The minimum absolute atomic E-state index is 0.103. The van der Waals surface area contributed by atoms with Crippen LogP contribution in [-0.2, 0) is 14.1 Å². The summed E-state index contributed by atoms with van der Waals surface area (Å²) in [7, 11) is 0.611. The third-order valence-electron chi connectivity index (χ3n) is 3.72. The number of ether oxygens (including phenoxy) is 1. The van der Waals surface area contributed by atoms with E-state index in [1.165, 1.54) is 0 Å². The largest absolute Gasteiger partial charge is 0.462 e. The lowest BCUT2D eigenvalue weighted by molar-refractivity contribution is -0.150. The molecular formula is C19H31O4P. The van der Waals surface area contributed by atoms with Crippen molar-refractivity contribution < 1.29 is 18.9 Å². The fourth-order valence-corrected chi connectivity index (χ4v) is 2.82. The lowest BCUT2D eigenvalue weighted by atomic mass is 9.87. The number of ketones is 1. The zero-order valence-electron chi connectivity index (χ0n) is 15.8. The van der Waals surface area contributed by atoms with Gasteiger partial charge in [0.15, 0.2) is 5.78 Å². The van der Waals surface area contributed by atoms with Crippen LogP contribution in [0.25, 0.3) is 0 Å². The lowest BCUT2D eigenvalue weighted by Crippen LogP contribution is -2.29. The van der Waals surface area contributed by atoms with Crippen molar-refractivity contribution >= 4 is 20.9 Å². The van der Waals surface area contributed by atoms with Crippen LogP contribution in [-0.4, -0.2) is 17.9 Å². The Balaban J connectivity index is 0.00000254. The van der Waals surface area contributed by atoms with Gasteiger partial charge >= 0.3 is 5.97 Å². The Morgan fingerprint density at radius 2 is 1.58 bits per heavy atom. The van der Waals surface area contributed by atoms with Gasteiger partial charge in [-0.2, -0.15) is 0 Å². The van der Waals surface area contributed by atoms with Crippen LogP contribution in [0.3, 0.4) is 0 Å². The summed E-state index contributed by atoms with van der Waals surface area (Å²) in [5.74, 6) is -1.19. The van der Waals surface area contributed by atoms with Gasteiger partial charge < -0.3 is 9.30 Å². The highest BCUT2D eigenvalue weighted by molar-refractivity contribution is 7.00. The maximum absolute atomic E-state index is 12.9. The Kier molecular flexibility index (Phi) is 10.5. The van der Waals surface area contributed by atoms with Crippen molar-refractivity contribution in [2.75, 3.05) is 0 Å². The fraction of sp³-hybridized carbons (Fsp3) is 0.579. The Hall–Kier alpha value is -1.41. The molecule has 1 rings (SSSR count). The number of Topliss-reactive ketones (excluding diaryl/α,β-unsaturated/α-hetero) is 1. The van der Waals surface area contributed by atoms with E-state index in [2.05, 4.69) is 6.92 Å². The van der Waals surface area contributed by atoms with E-state index in [0.29, 0.717) is 21.1 Å². The summed E-state index contributed by atoms with van der Waals surface area (Å²) in [5, 5.41) is 0. The number of aryl methyl sites for hydroxylation is 3. The quantitative estimate of drug-likeness (QED) is 0.313. The van der Waals surface area contributed by atoms with Gasteiger partial charge in [0.2, 0.25) is 0 Å². The van der Waals surface area contributed by atoms with Crippen molar-refractivity contribution in [3.63, 3.8) is 0 Å². The van der Waals surface area contributed by atoms with Crippen LogP contribution in [0, 0.1) is 26.7 Å². The molecule has 0 fully saturated rings. The van der Waals surface area contributed by atoms with Crippen molar-refractivity contribution in [3.8, 4) is 0 Å². The number of unbranched alkanes of at least 4 members (excludes halogenated alkanes) is 1. The molecular weight excluding hydrogens is 323 g/mol. The Morgan fingerprint density at radius 3 is 2.00 bits per heavy atom. The van der Waals surface area contributed by atoms with Crippen LogP contribution < -0.4 is 0 Å². The molecule has 0 aliphatic heterocycles. The first-order valence-corrected chi connectivity index (χ1v) is 8.97. The average Bonchev–Trinajstić information content (AvgIpc) is 2.47. The molecule has 0 saturated heterocycles. The number of hydrogen-bond acceptors (Lipinski definition) is 4. The number of carbonyl (C=O) groups is 2. The number of benzene rings is 1. The predicted octanol–water partition coefficient (Wildman–Crippen LogP) is 4.49. The highest BCUT2D eigenvalue weighted by Gasteiger charge is 2.30. The smallest absolute Gasteiger partial charge is 0.317 e. The average molecular weight is 354 g/mol. The molecule has 0 bridgehead atoms. The van der Waals surface area contributed by atoms with E-state index in [4.69, 9.17) is 9.30 Å². The molecule has 5 heteroatoms. The summed E-state index contributed by atoms with van der Waals surface area (Å²) < 4.78 is 13.6. The van der Waals surface area contributed by atoms with Crippen molar-refractivity contribution in [3.05, 3.63) is 34.4 Å². The number of esters is 1. The summed E-state index contributed by atoms with van der Waals surface area (Å²) in [6.45, 7) is 11.5. The first-order chi connectivity index (χ1) is 11.3. The molecule has 1 aromatic rings. The summed E-state index contributed by atoms with van der Waals surface area (Å²) in [5.41, 5.74) is 3.66. The molecule has 1 aromatic carbocycles. The highest BCUT2D eigenvalue weighted by atomic mass is 31.0. The monoisotopic (exact) mass is 354 g/mol. The lowest BCUT2D eigenvalue weighted by Gasteiger charge is -2.19. The molecule has 2 unspecified atom stereocenters. The minimum atomic E-state index is -0.692. The maximum Gasteiger partial charge on any atom is 0.317 e. The van der Waals surface area contributed by atoms with Crippen LogP contribution >= 0.6 is 9.12 Å². The molecule has 136 valence electrons. The second kappa shape index (κ2) is 11.2. The van der Waals surface area contributed by atoms with Crippen molar-refractivity contribution in [2.24, 2.45) is 5.92 Å². The van der Waals surface area contributed by atoms with Gasteiger partial charge in [0, 0.05) is 5.56 Å². The molecule has 0 aromatic heterocycles. The first-order valence-electron chi connectivity index (χ1n) is 8.39. The van der Waals surface area contributed by atoms with Crippen LogP contribution in [0.5, 0.6) is 0 Å². The van der Waals surface area contributed by atoms with Gasteiger partial charge in [-0.1, -0.05) is 37.5 Å². The molecule has 24 heavy (non-hydrogen) atoms. The fourth-order valence-electron chi connectivity index (χ4n) is 2.82. The van der Waals surface area contributed by atoms with Crippen LogP contribution in [0.15, 0.2) is 12.1 Å². The van der Waals surface area contributed by atoms with Gasteiger partial charge in [0.25, 0.3) is 0 Å². The molecule has 0 aliphatic rings. The van der Waals surface area contributed by atoms with Crippen molar-refractivity contribution in [2.45, 2.75) is 66.9 Å². The molecule has 0 N–H and O–H groups in total. The highest BCUT2D eigenvalue weighted by Crippen LogP contribution is 2.24. The number of rotatable bonds is 7. The second-order valence-electron chi connectivity index (χ2n) is 6.32. The minimum Gasteiger partial charge on any atom is -0.462 e. The van der Waals surface area contributed by atoms with Crippen LogP contribution in [0.2, 0.25) is 0 Å². The van der Waals surface area contributed by atoms with Gasteiger partial charge in [-0.05, 0) is 52.2 Å². The van der Waals surface area contributed by atoms with E-state index < -0.39 is 11.9 Å². The summed E-state index contributed by atoms with van der Waals surface area (Å²) in [6, 6.07) is 3.98. The topological polar surface area (TPSA) is 60.4 Å². The zero-order valence-corrected chi connectivity index (χ0v) is 17.2. The van der Waals surface area contributed by atoms with Gasteiger partial charge in [-0.3, -0.25) is 9.59 Å². The molecule has 4 nitrogen and oxygen atoms in total. The van der Waals surface area contributed by atoms with E-state index in [1.54, 1.807) is 0 Å². The second-order valence-corrected chi connectivity index (χ2v) is 6.32. The number of hydrogen-bond donors (Lipinski definition) is 0. The van der Waals surface area contributed by atoms with Crippen LogP contribution in [0.1, 0.15) is 67.1 Å². The third-order valence-corrected chi connectivity index (χ3v) is 3.72. The van der Waals surface area contributed by atoms with E-state index in [9.17, 15) is 9.59 Å². The van der Waals surface area contributed by atoms with Gasteiger partial charge in [0.1, 0.15) is 5.92 Å². The Labute approximate surface area is 147 Å². The molecule has 0 aliphatic carbocycles. The molecule has 0 heterocycles. The van der Waals surface area contributed by atoms with E-state index in [-0.39, 0.29) is 11.9 Å². The molecule has 2 atom stereocenters. The van der Waals surface area contributed by atoms with E-state index in [0.717, 1.165) is 29.5 Å². The summed E-state index contributed by atoms with van der Waals surface area (Å²) in [4.78, 5) is 25.2. The van der Waals surface area contributed by atoms with Crippen molar-refractivity contribution in [1.29, 1.82) is 0 Å². The van der Waals surface area contributed by atoms with Crippen molar-refractivity contribution in [1.82, 2.24) is 0 Å². The zero-order chi connectivity index (χ0) is 18.9. The van der Waals surface area contributed by atoms with Gasteiger partial charge in [-0.15, -0.1) is 0 Å². The van der Waals surface area contributed by atoms with Gasteiger partial charge in [0.05, 0.1) is 15.2 Å².